The van der Waals surface area contributed by atoms with Crippen molar-refractivity contribution < 1.29 is 9.90 Å². The number of carboxylic acid groups (broad SMARTS) is 1. The summed E-state index contributed by atoms with van der Waals surface area (Å²) in [7, 11) is 1.48. The van der Waals surface area contributed by atoms with E-state index in [-0.39, 0.29) is 0 Å². The number of thiophene rings is 1. The topological polar surface area (TPSA) is 40.5 Å². The van der Waals surface area contributed by atoms with Crippen LogP contribution in [-0.4, -0.2) is 18.2 Å². The summed E-state index contributed by atoms with van der Waals surface area (Å²) in [4.78, 5) is 11.5. The largest absolute Gasteiger partial charge is 0.465 e. The fraction of sp³-hybridized carbons (Fsp3) is 0.167. The molecule has 1 aromatic rings. The van der Waals surface area contributed by atoms with Crippen LogP contribution in [0.4, 0.5) is 9.80 Å². The Labute approximate surface area is 72.8 Å². The van der Waals surface area contributed by atoms with Gasteiger partial charge < -0.3 is 5.11 Å². The predicted molar refractivity (Wildman–Crippen MR) is 45.8 cm³/mol. The molecule has 0 aliphatic rings. The van der Waals surface area contributed by atoms with E-state index in [2.05, 4.69) is 0 Å². The summed E-state index contributed by atoms with van der Waals surface area (Å²) in [6.45, 7) is 0. The van der Waals surface area contributed by atoms with Gasteiger partial charge in [0, 0.05) is 7.05 Å². The van der Waals surface area contributed by atoms with Crippen LogP contribution in [-0.2, 0) is 0 Å². The third-order valence-corrected chi connectivity index (χ3v) is 2.48. The Morgan fingerprint density at radius 2 is 2.36 bits per heavy atom. The summed E-state index contributed by atoms with van der Waals surface area (Å²) in [5, 5.41) is 9.16. The van der Waals surface area contributed by atoms with Crippen molar-refractivity contribution in [2.45, 2.75) is 0 Å². The Morgan fingerprint density at radius 1 is 1.73 bits per heavy atom. The van der Waals surface area contributed by atoms with Crippen molar-refractivity contribution in [2.24, 2.45) is 0 Å². The number of nitrogens with zero attached hydrogens (tertiary/aromatic N) is 1. The molecule has 1 aromatic heterocycles. The highest BCUT2D eigenvalue weighted by atomic mass is 35.5. The van der Waals surface area contributed by atoms with E-state index < -0.39 is 6.09 Å². The highest BCUT2D eigenvalue weighted by molar-refractivity contribution is 7.20. The molecule has 5 heteroatoms. The summed E-state index contributed by atoms with van der Waals surface area (Å²) in [5.74, 6) is 0. The first kappa shape index (κ1) is 8.36. The van der Waals surface area contributed by atoms with Gasteiger partial charge in [-0.25, -0.2) is 4.79 Å². The molecule has 0 unspecified atom stereocenters. The van der Waals surface area contributed by atoms with Crippen LogP contribution in [0, 0.1) is 0 Å². The fourth-order valence-electron chi connectivity index (χ4n) is 0.579. The zero-order chi connectivity index (χ0) is 8.43. The van der Waals surface area contributed by atoms with E-state index in [0.29, 0.717) is 9.34 Å². The number of hydrogen-bond donors (Lipinski definition) is 1. The molecule has 1 amide bonds. The molecule has 0 saturated heterocycles. The lowest BCUT2D eigenvalue weighted by atomic mass is 10.6. The quantitative estimate of drug-likeness (QED) is 0.741. The van der Waals surface area contributed by atoms with Gasteiger partial charge in [-0.2, -0.15) is 0 Å². The van der Waals surface area contributed by atoms with Crippen molar-refractivity contribution >= 4 is 34.0 Å². The van der Waals surface area contributed by atoms with Crippen molar-refractivity contribution in [3.8, 4) is 0 Å². The van der Waals surface area contributed by atoms with E-state index in [9.17, 15) is 4.79 Å². The van der Waals surface area contributed by atoms with E-state index in [1.165, 1.54) is 18.4 Å². The van der Waals surface area contributed by atoms with Gasteiger partial charge in [0.15, 0.2) is 0 Å². The number of amides is 1. The van der Waals surface area contributed by atoms with E-state index in [0.717, 1.165) is 4.90 Å². The van der Waals surface area contributed by atoms with Crippen LogP contribution in [0.5, 0.6) is 0 Å². The van der Waals surface area contributed by atoms with Crippen LogP contribution in [0.3, 0.4) is 0 Å². The van der Waals surface area contributed by atoms with Gasteiger partial charge in [-0.15, -0.1) is 11.3 Å². The minimum atomic E-state index is -0.983. The molecular formula is C6H6ClNO2S. The number of halogens is 1. The highest BCUT2D eigenvalue weighted by Gasteiger charge is 2.09. The van der Waals surface area contributed by atoms with Crippen molar-refractivity contribution in [3.63, 3.8) is 0 Å². The van der Waals surface area contributed by atoms with E-state index >= 15 is 0 Å². The minimum Gasteiger partial charge on any atom is -0.465 e. The normalized spacial score (nSPS) is 9.64. The van der Waals surface area contributed by atoms with Crippen LogP contribution in [0.25, 0.3) is 0 Å². The van der Waals surface area contributed by atoms with Gasteiger partial charge in [-0.1, -0.05) is 11.6 Å². The van der Waals surface area contributed by atoms with Crippen LogP contribution >= 0.6 is 22.9 Å². The minimum absolute atomic E-state index is 0.591. The molecule has 0 saturated carbocycles. The Balaban J connectivity index is 2.84. The molecule has 1 rings (SSSR count). The SMILES string of the molecule is CN(C(=O)O)c1ccc(Cl)s1. The molecular weight excluding hydrogens is 186 g/mol. The molecule has 60 valence electrons. The van der Waals surface area contributed by atoms with Crippen LogP contribution in [0.2, 0.25) is 4.34 Å². The summed E-state index contributed by atoms with van der Waals surface area (Å²) in [6, 6.07) is 3.34. The van der Waals surface area contributed by atoms with Crippen molar-refractivity contribution in [3.05, 3.63) is 16.5 Å². The maximum atomic E-state index is 10.4. The molecule has 0 radical (unpaired) electrons. The zero-order valence-corrected chi connectivity index (χ0v) is 7.32. The summed E-state index contributed by atoms with van der Waals surface area (Å²) in [6.07, 6.45) is -0.983. The average Bonchev–Trinajstić information content (AvgIpc) is 2.34. The Kier molecular flexibility index (Phi) is 2.36. The second-order valence-electron chi connectivity index (χ2n) is 1.92. The van der Waals surface area contributed by atoms with Gasteiger partial charge in [0.05, 0.1) is 4.34 Å². The molecule has 1 heterocycles. The highest BCUT2D eigenvalue weighted by Crippen LogP contribution is 2.28. The smallest absolute Gasteiger partial charge is 0.412 e. The molecule has 0 fully saturated rings. The lowest BCUT2D eigenvalue weighted by Gasteiger charge is -2.08. The number of rotatable bonds is 1. The van der Waals surface area contributed by atoms with E-state index in [1.807, 2.05) is 0 Å². The van der Waals surface area contributed by atoms with Crippen LogP contribution in [0.15, 0.2) is 12.1 Å². The third kappa shape index (κ3) is 1.85. The molecule has 0 bridgehead atoms. The number of anilines is 1. The van der Waals surface area contributed by atoms with Crippen LogP contribution < -0.4 is 4.90 Å². The molecule has 3 nitrogen and oxygen atoms in total. The molecule has 0 atom stereocenters. The standard InChI is InChI=1S/C6H6ClNO2S/c1-8(6(9)10)5-3-2-4(7)11-5/h2-3H,1H3,(H,9,10). The fourth-order valence-corrected chi connectivity index (χ4v) is 1.57. The number of hydrogen-bond acceptors (Lipinski definition) is 2. The van der Waals surface area contributed by atoms with Gasteiger partial charge in [-0.05, 0) is 12.1 Å². The average molecular weight is 192 g/mol. The maximum absolute atomic E-state index is 10.4. The Bertz CT molecular complexity index is 273. The zero-order valence-electron chi connectivity index (χ0n) is 5.74. The van der Waals surface area contributed by atoms with Crippen molar-refractivity contribution in [1.29, 1.82) is 0 Å². The van der Waals surface area contributed by atoms with Gasteiger partial charge in [0.2, 0.25) is 0 Å². The molecule has 1 N–H and O–H groups in total. The molecule has 0 aliphatic carbocycles. The summed E-state index contributed by atoms with van der Waals surface area (Å²) in [5.41, 5.74) is 0. The number of carbonyl (C=O) groups is 1. The molecule has 11 heavy (non-hydrogen) atoms. The van der Waals surface area contributed by atoms with E-state index in [1.54, 1.807) is 12.1 Å². The van der Waals surface area contributed by atoms with Crippen molar-refractivity contribution in [2.75, 3.05) is 11.9 Å². The lowest BCUT2D eigenvalue weighted by molar-refractivity contribution is 0.203. The van der Waals surface area contributed by atoms with E-state index in [4.69, 9.17) is 16.7 Å². The second-order valence-corrected chi connectivity index (χ2v) is 3.61. The third-order valence-electron chi connectivity index (χ3n) is 1.18. The Morgan fingerprint density at radius 3 is 2.73 bits per heavy atom. The molecule has 0 aliphatic heterocycles. The predicted octanol–water partition coefficient (Wildman–Crippen LogP) is 2.52. The molecule has 0 spiro atoms. The lowest BCUT2D eigenvalue weighted by Crippen LogP contribution is -2.22. The van der Waals surface area contributed by atoms with Gasteiger partial charge in [0.25, 0.3) is 0 Å². The van der Waals surface area contributed by atoms with Gasteiger partial charge in [0.1, 0.15) is 5.00 Å². The van der Waals surface area contributed by atoms with Gasteiger partial charge >= 0.3 is 6.09 Å². The van der Waals surface area contributed by atoms with Gasteiger partial charge in [-0.3, -0.25) is 4.90 Å². The first-order valence-electron chi connectivity index (χ1n) is 2.83. The first-order valence-corrected chi connectivity index (χ1v) is 4.02. The summed E-state index contributed by atoms with van der Waals surface area (Å²) < 4.78 is 0.591. The maximum Gasteiger partial charge on any atom is 0.412 e. The molecule has 0 aromatic carbocycles. The second kappa shape index (κ2) is 3.11. The summed E-state index contributed by atoms with van der Waals surface area (Å²) >= 11 is 6.84. The van der Waals surface area contributed by atoms with Crippen LogP contribution in [0.1, 0.15) is 0 Å². The first-order chi connectivity index (χ1) is 5.11. The Hall–Kier alpha value is -0.740. The van der Waals surface area contributed by atoms with Crippen molar-refractivity contribution in [1.82, 2.24) is 0 Å². The monoisotopic (exact) mass is 191 g/mol.